The molecule has 96 valence electrons. The van der Waals surface area contributed by atoms with Crippen LogP contribution in [0.15, 0.2) is 24.3 Å². The minimum absolute atomic E-state index is 0.329. The van der Waals surface area contributed by atoms with Crippen molar-refractivity contribution in [2.45, 2.75) is 45.4 Å². The highest BCUT2D eigenvalue weighted by Crippen LogP contribution is 2.54. The molecule has 0 amide bonds. The van der Waals surface area contributed by atoms with Gasteiger partial charge >= 0.3 is 0 Å². The largest absolute Gasteiger partial charge is 0.294 e. The van der Waals surface area contributed by atoms with E-state index in [0.717, 1.165) is 36.7 Å². The normalized spacial score (nSPS) is 29.1. The highest BCUT2D eigenvalue weighted by Gasteiger charge is 2.47. The molecular formula is C17H22O. The second-order valence-electron chi connectivity index (χ2n) is 6.09. The molecule has 3 rings (SSSR count). The number of carbonyl (C=O) groups excluding carboxylic acids is 1. The van der Waals surface area contributed by atoms with Gasteiger partial charge in [-0.2, -0.15) is 0 Å². The first kappa shape index (κ1) is 12.0. The number of ketones is 1. The van der Waals surface area contributed by atoms with E-state index in [1.165, 1.54) is 24.8 Å². The molecule has 2 aliphatic carbocycles. The Hall–Kier alpha value is -1.11. The summed E-state index contributed by atoms with van der Waals surface area (Å²) in [7, 11) is 0. The van der Waals surface area contributed by atoms with Crippen LogP contribution in [0.4, 0.5) is 0 Å². The number of carbonyl (C=O) groups is 1. The van der Waals surface area contributed by atoms with E-state index < -0.39 is 0 Å². The molecule has 2 fully saturated rings. The fraction of sp³-hybridized carbons (Fsp3) is 0.588. The first-order chi connectivity index (χ1) is 8.78. The maximum absolute atomic E-state index is 12.3. The lowest BCUT2D eigenvalue weighted by atomic mass is 9.92. The summed E-state index contributed by atoms with van der Waals surface area (Å²) in [5.41, 5.74) is 2.30. The topological polar surface area (TPSA) is 17.1 Å². The lowest BCUT2D eigenvalue weighted by Gasteiger charge is -2.10. The van der Waals surface area contributed by atoms with Gasteiger partial charge in [-0.1, -0.05) is 37.6 Å². The molecule has 0 aromatic heterocycles. The Bertz CT molecular complexity index is 421. The summed E-state index contributed by atoms with van der Waals surface area (Å²) in [6, 6.07) is 8.35. The van der Waals surface area contributed by atoms with Crippen molar-refractivity contribution in [1.29, 1.82) is 0 Å². The Morgan fingerprint density at radius 3 is 2.39 bits per heavy atom. The van der Waals surface area contributed by atoms with Crippen LogP contribution < -0.4 is 0 Å². The third-order valence-corrected chi connectivity index (χ3v) is 4.67. The number of hydrogen-bond donors (Lipinski definition) is 0. The predicted molar refractivity (Wildman–Crippen MR) is 73.7 cm³/mol. The highest BCUT2D eigenvalue weighted by molar-refractivity contribution is 5.98. The van der Waals surface area contributed by atoms with Gasteiger partial charge < -0.3 is 0 Å². The molecule has 0 radical (unpaired) electrons. The monoisotopic (exact) mass is 242 g/mol. The summed E-state index contributed by atoms with van der Waals surface area (Å²) in [4.78, 5) is 12.3. The van der Waals surface area contributed by atoms with E-state index in [9.17, 15) is 4.79 Å². The van der Waals surface area contributed by atoms with Gasteiger partial charge in [-0.05, 0) is 49.5 Å². The summed E-state index contributed by atoms with van der Waals surface area (Å²) in [5, 5.41) is 0. The number of hydrogen-bond acceptors (Lipinski definition) is 1. The zero-order valence-electron chi connectivity index (χ0n) is 11.2. The standard InChI is InChI=1S/C17H22O/c1-2-3-4-12-5-7-13(8-6-12)17(18)16-10-14-9-15(14)11-16/h5-8,14-16H,2-4,9-11H2,1H3. The zero-order valence-corrected chi connectivity index (χ0v) is 11.2. The quantitative estimate of drug-likeness (QED) is 0.705. The molecular weight excluding hydrogens is 220 g/mol. The number of fused-ring (bicyclic) bond motifs is 1. The summed E-state index contributed by atoms with van der Waals surface area (Å²) in [6.45, 7) is 2.21. The van der Waals surface area contributed by atoms with Gasteiger partial charge in [0.25, 0.3) is 0 Å². The summed E-state index contributed by atoms with van der Waals surface area (Å²) < 4.78 is 0. The van der Waals surface area contributed by atoms with E-state index in [0.29, 0.717) is 11.7 Å². The van der Waals surface area contributed by atoms with Gasteiger partial charge in [0.05, 0.1) is 0 Å². The molecule has 0 aliphatic heterocycles. The molecule has 0 spiro atoms. The first-order valence-electron chi connectivity index (χ1n) is 7.41. The van der Waals surface area contributed by atoms with Crippen molar-refractivity contribution in [3.05, 3.63) is 35.4 Å². The molecule has 0 bridgehead atoms. The molecule has 0 saturated heterocycles. The van der Waals surface area contributed by atoms with E-state index in [2.05, 4.69) is 19.1 Å². The van der Waals surface area contributed by atoms with Gasteiger partial charge in [0, 0.05) is 11.5 Å². The molecule has 1 aromatic rings. The van der Waals surface area contributed by atoms with Crippen molar-refractivity contribution in [3.63, 3.8) is 0 Å². The van der Waals surface area contributed by atoms with Crippen LogP contribution in [0.3, 0.4) is 0 Å². The Balaban J connectivity index is 1.63. The molecule has 2 unspecified atom stereocenters. The van der Waals surface area contributed by atoms with Crippen molar-refractivity contribution >= 4 is 5.78 Å². The van der Waals surface area contributed by atoms with E-state index in [-0.39, 0.29) is 0 Å². The Morgan fingerprint density at radius 2 is 1.78 bits per heavy atom. The second-order valence-corrected chi connectivity index (χ2v) is 6.09. The lowest BCUT2D eigenvalue weighted by molar-refractivity contribution is 0.0914. The third-order valence-electron chi connectivity index (χ3n) is 4.67. The smallest absolute Gasteiger partial charge is 0.165 e. The van der Waals surface area contributed by atoms with Crippen molar-refractivity contribution in [2.24, 2.45) is 17.8 Å². The van der Waals surface area contributed by atoms with Crippen LogP contribution in [0.5, 0.6) is 0 Å². The summed E-state index contributed by atoms with van der Waals surface area (Å²) in [5.74, 6) is 2.50. The zero-order chi connectivity index (χ0) is 12.5. The molecule has 2 aliphatic rings. The number of Topliss-reactive ketones (excluding diaryl/α,β-unsaturated/α-hetero) is 1. The van der Waals surface area contributed by atoms with E-state index in [1.807, 2.05) is 12.1 Å². The van der Waals surface area contributed by atoms with Crippen molar-refractivity contribution in [2.75, 3.05) is 0 Å². The summed E-state index contributed by atoms with van der Waals surface area (Å²) >= 11 is 0. The van der Waals surface area contributed by atoms with Gasteiger partial charge in [0.15, 0.2) is 5.78 Å². The van der Waals surface area contributed by atoms with Crippen LogP contribution in [0.2, 0.25) is 0 Å². The third kappa shape index (κ3) is 2.36. The minimum atomic E-state index is 0.329. The van der Waals surface area contributed by atoms with Crippen LogP contribution in [0.25, 0.3) is 0 Å². The van der Waals surface area contributed by atoms with Crippen LogP contribution in [0.1, 0.15) is 54.9 Å². The summed E-state index contributed by atoms with van der Waals surface area (Å²) in [6.07, 6.45) is 7.30. The van der Waals surface area contributed by atoms with Crippen LogP contribution in [-0.2, 0) is 6.42 Å². The average molecular weight is 242 g/mol. The number of unbranched alkanes of at least 4 members (excludes halogenated alkanes) is 1. The van der Waals surface area contributed by atoms with Crippen molar-refractivity contribution in [3.8, 4) is 0 Å². The minimum Gasteiger partial charge on any atom is -0.294 e. The van der Waals surface area contributed by atoms with Crippen LogP contribution in [-0.4, -0.2) is 5.78 Å². The fourth-order valence-corrected chi connectivity index (χ4v) is 3.38. The van der Waals surface area contributed by atoms with E-state index in [4.69, 9.17) is 0 Å². The molecule has 1 heteroatoms. The van der Waals surface area contributed by atoms with Gasteiger partial charge in [-0.15, -0.1) is 0 Å². The molecule has 2 saturated carbocycles. The SMILES string of the molecule is CCCCc1ccc(C(=O)C2CC3CC3C2)cc1. The van der Waals surface area contributed by atoms with Gasteiger partial charge in [0.2, 0.25) is 0 Å². The molecule has 18 heavy (non-hydrogen) atoms. The number of rotatable bonds is 5. The number of benzene rings is 1. The molecule has 0 N–H and O–H groups in total. The van der Waals surface area contributed by atoms with Crippen molar-refractivity contribution < 1.29 is 4.79 Å². The Morgan fingerprint density at radius 1 is 1.11 bits per heavy atom. The van der Waals surface area contributed by atoms with Crippen molar-refractivity contribution in [1.82, 2.24) is 0 Å². The Labute approximate surface area is 110 Å². The average Bonchev–Trinajstić information content (AvgIpc) is 3.03. The maximum atomic E-state index is 12.3. The first-order valence-corrected chi connectivity index (χ1v) is 7.41. The predicted octanol–water partition coefficient (Wildman–Crippen LogP) is 4.26. The molecule has 1 nitrogen and oxygen atoms in total. The molecule has 1 aromatic carbocycles. The highest BCUT2D eigenvalue weighted by atomic mass is 16.1. The van der Waals surface area contributed by atoms with E-state index >= 15 is 0 Å². The van der Waals surface area contributed by atoms with Crippen LogP contribution in [0, 0.1) is 17.8 Å². The maximum Gasteiger partial charge on any atom is 0.165 e. The van der Waals surface area contributed by atoms with Gasteiger partial charge in [-0.3, -0.25) is 4.79 Å². The molecule has 0 heterocycles. The Kier molecular flexibility index (Phi) is 3.23. The van der Waals surface area contributed by atoms with Gasteiger partial charge in [-0.25, -0.2) is 0 Å². The van der Waals surface area contributed by atoms with Gasteiger partial charge in [0.1, 0.15) is 0 Å². The second kappa shape index (κ2) is 4.87. The van der Waals surface area contributed by atoms with Crippen LogP contribution >= 0.6 is 0 Å². The molecule has 2 atom stereocenters. The fourth-order valence-electron chi connectivity index (χ4n) is 3.38. The lowest BCUT2D eigenvalue weighted by Crippen LogP contribution is -2.12. The van der Waals surface area contributed by atoms with E-state index in [1.54, 1.807) is 0 Å². The number of aryl methyl sites for hydroxylation is 1.